The minimum atomic E-state index is -0.889. The minimum absolute atomic E-state index is 0.209. The molecule has 5 nitrogen and oxygen atoms in total. The van der Waals surface area contributed by atoms with Crippen LogP contribution < -0.4 is 5.32 Å². The van der Waals surface area contributed by atoms with Crippen LogP contribution in [-0.4, -0.2) is 42.1 Å². The van der Waals surface area contributed by atoms with Crippen molar-refractivity contribution in [3.05, 3.63) is 35.9 Å². The Kier molecular flexibility index (Phi) is 5.41. The van der Waals surface area contributed by atoms with Crippen LogP contribution in [0.15, 0.2) is 30.3 Å². The molecule has 5 heteroatoms. The molecule has 0 aliphatic heterocycles. The van der Waals surface area contributed by atoms with Gasteiger partial charge in [0.05, 0.1) is 5.92 Å². The maximum atomic E-state index is 12.1. The summed E-state index contributed by atoms with van der Waals surface area (Å²) in [7, 11) is 1.63. The lowest BCUT2D eigenvalue weighted by atomic mass is 9.94. The summed E-state index contributed by atoms with van der Waals surface area (Å²) in [4.78, 5) is 24.4. The molecule has 120 valence electrons. The number of urea groups is 1. The monoisotopic (exact) mass is 304 g/mol. The zero-order valence-corrected chi connectivity index (χ0v) is 13.2. The van der Waals surface area contributed by atoms with Gasteiger partial charge in [-0.15, -0.1) is 0 Å². The number of carboxylic acids is 1. The highest BCUT2D eigenvalue weighted by molar-refractivity contribution is 5.75. The van der Waals surface area contributed by atoms with Crippen LogP contribution in [0.1, 0.15) is 31.2 Å². The maximum absolute atomic E-state index is 12.1. The summed E-state index contributed by atoms with van der Waals surface area (Å²) in [5, 5.41) is 11.8. The van der Waals surface area contributed by atoms with Crippen molar-refractivity contribution in [2.45, 2.75) is 25.7 Å². The Balaban J connectivity index is 1.87. The molecule has 0 saturated heterocycles. The molecule has 1 aliphatic rings. The van der Waals surface area contributed by atoms with E-state index in [2.05, 4.69) is 17.4 Å². The predicted molar refractivity (Wildman–Crippen MR) is 84.7 cm³/mol. The summed E-state index contributed by atoms with van der Waals surface area (Å²) < 4.78 is 0. The van der Waals surface area contributed by atoms with Crippen molar-refractivity contribution in [2.75, 3.05) is 20.1 Å². The van der Waals surface area contributed by atoms with Gasteiger partial charge in [0.1, 0.15) is 0 Å². The molecule has 1 saturated carbocycles. The van der Waals surface area contributed by atoms with E-state index in [4.69, 9.17) is 5.11 Å². The third kappa shape index (κ3) is 4.48. The SMILES string of the molecule is CC(CN(C)C(=O)NCC(c1ccccc1)C1CC1)C(=O)O. The third-order valence-corrected chi connectivity index (χ3v) is 4.21. The second-order valence-electron chi connectivity index (χ2n) is 6.16. The van der Waals surface area contributed by atoms with E-state index < -0.39 is 11.9 Å². The van der Waals surface area contributed by atoms with E-state index in [0.717, 1.165) is 0 Å². The molecular formula is C17H24N2O3. The van der Waals surface area contributed by atoms with Crippen LogP contribution >= 0.6 is 0 Å². The van der Waals surface area contributed by atoms with Crippen molar-refractivity contribution in [3.63, 3.8) is 0 Å². The molecule has 0 aromatic heterocycles. The fraction of sp³-hybridized carbons (Fsp3) is 0.529. The minimum Gasteiger partial charge on any atom is -0.481 e. The molecule has 1 aromatic rings. The van der Waals surface area contributed by atoms with E-state index in [1.807, 2.05) is 18.2 Å². The molecule has 2 unspecified atom stereocenters. The Morgan fingerprint density at radius 1 is 1.32 bits per heavy atom. The number of nitrogens with zero attached hydrogens (tertiary/aromatic N) is 1. The first-order chi connectivity index (χ1) is 10.5. The highest BCUT2D eigenvalue weighted by atomic mass is 16.4. The van der Waals surface area contributed by atoms with Crippen LogP contribution in [0.3, 0.4) is 0 Å². The average Bonchev–Trinajstić information content (AvgIpc) is 3.33. The topological polar surface area (TPSA) is 69.6 Å². The van der Waals surface area contributed by atoms with Crippen LogP contribution in [0.25, 0.3) is 0 Å². The summed E-state index contributed by atoms with van der Waals surface area (Å²) in [5.41, 5.74) is 1.26. The molecule has 1 fully saturated rings. The van der Waals surface area contributed by atoms with Gasteiger partial charge in [-0.25, -0.2) is 4.79 Å². The summed E-state index contributed by atoms with van der Waals surface area (Å²) in [6.45, 7) is 2.41. The molecule has 0 spiro atoms. The van der Waals surface area contributed by atoms with Gasteiger partial charge >= 0.3 is 12.0 Å². The quantitative estimate of drug-likeness (QED) is 0.813. The molecule has 2 amide bonds. The second-order valence-corrected chi connectivity index (χ2v) is 6.16. The Morgan fingerprint density at radius 3 is 2.50 bits per heavy atom. The maximum Gasteiger partial charge on any atom is 0.317 e. The van der Waals surface area contributed by atoms with Crippen molar-refractivity contribution in [1.82, 2.24) is 10.2 Å². The summed E-state index contributed by atoms with van der Waals surface area (Å²) in [6, 6.07) is 10.0. The van der Waals surface area contributed by atoms with E-state index in [9.17, 15) is 9.59 Å². The van der Waals surface area contributed by atoms with Crippen LogP contribution in [0, 0.1) is 11.8 Å². The summed E-state index contributed by atoms with van der Waals surface area (Å²) in [5.74, 6) is -0.467. The van der Waals surface area contributed by atoms with E-state index in [1.165, 1.54) is 23.3 Å². The number of amides is 2. The summed E-state index contributed by atoms with van der Waals surface area (Å²) >= 11 is 0. The van der Waals surface area contributed by atoms with Crippen LogP contribution in [0.2, 0.25) is 0 Å². The highest BCUT2D eigenvalue weighted by Gasteiger charge is 2.32. The number of carboxylic acid groups (broad SMARTS) is 1. The second kappa shape index (κ2) is 7.29. The lowest BCUT2D eigenvalue weighted by Crippen LogP contribution is -2.42. The largest absolute Gasteiger partial charge is 0.481 e. The number of rotatable bonds is 7. The van der Waals surface area contributed by atoms with Crippen molar-refractivity contribution in [2.24, 2.45) is 11.8 Å². The van der Waals surface area contributed by atoms with Crippen molar-refractivity contribution >= 4 is 12.0 Å². The number of benzene rings is 1. The summed E-state index contributed by atoms with van der Waals surface area (Å²) in [6.07, 6.45) is 2.42. The van der Waals surface area contributed by atoms with Gasteiger partial charge in [-0.05, 0) is 24.3 Å². The fourth-order valence-corrected chi connectivity index (χ4v) is 2.66. The zero-order chi connectivity index (χ0) is 16.1. The first-order valence-electron chi connectivity index (χ1n) is 7.75. The van der Waals surface area contributed by atoms with E-state index >= 15 is 0 Å². The Bertz CT molecular complexity index is 514. The van der Waals surface area contributed by atoms with E-state index in [0.29, 0.717) is 18.4 Å². The molecule has 1 aliphatic carbocycles. The fourth-order valence-electron chi connectivity index (χ4n) is 2.66. The Labute approximate surface area is 131 Å². The molecule has 2 rings (SSSR count). The van der Waals surface area contributed by atoms with Crippen molar-refractivity contribution in [1.29, 1.82) is 0 Å². The van der Waals surface area contributed by atoms with Gasteiger partial charge in [0.25, 0.3) is 0 Å². The number of hydrogen-bond donors (Lipinski definition) is 2. The Hall–Kier alpha value is -2.04. The van der Waals surface area contributed by atoms with Crippen LogP contribution in [0.4, 0.5) is 4.79 Å². The number of hydrogen-bond acceptors (Lipinski definition) is 2. The van der Waals surface area contributed by atoms with Gasteiger partial charge in [-0.3, -0.25) is 4.79 Å². The smallest absolute Gasteiger partial charge is 0.317 e. The van der Waals surface area contributed by atoms with Gasteiger partial charge in [-0.1, -0.05) is 37.3 Å². The van der Waals surface area contributed by atoms with Gasteiger partial charge in [0, 0.05) is 26.1 Å². The molecule has 0 bridgehead atoms. The first-order valence-corrected chi connectivity index (χ1v) is 7.75. The van der Waals surface area contributed by atoms with Gasteiger partial charge in [0.2, 0.25) is 0 Å². The molecule has 0 heterocycles. The molecule has 2 N–H and O–H groups in total. The lowest BCUT2D eigenvalue weighted by molar-refractivity contribution is -0.141. The normalized spacial score (nSPS) is 16.6. The molecule has 0 radical (unpaired) electrons. The number of nitrogens with one attached hydrogen (secondary N) is 1. The third-order valence-electron chi connectivity index (χ3n) is 4.21. The highest BCUT2D eigenvalue weighted by Crippen LogP contribution is 2.42. The Morgan fingerprint density at radius 2 is 1.95 bits per heavy atom. The number of aliphatic carboxylic acids is 1. The molecule has 2 atom stereocenters. The zero-order valence-electron chi connectivity index (χ0n) is 13.2. The van der Waals surface area contributed by atoms with E-state index in [-0.39, 0.29) is 12.6 Å². The van der Waals surface area contributed by atoms with E-state index in [1.54, 1.807) is 14.0 Å². The first kappa shape index (κ1) is 16.3. The average molecular weight is 304 g/mol. The standard InChI is InChI=1S/C17H24N2O3/c1-12(16(20)21)11-19(2)17(22)18-10-15(14-8-9-14)13-6-4-3-5-7-13/h3-7,12,14-15H,8-11H2,1-2H3,(H,18,22)(H,20,21). The number of carbonyl (C=O) groups is 2. The van der Waals surface area contributed by atoms with Crippen molar-refractivity contribution < 1.29 is 14.7 Å². The van der Waals surface area contributed by atoms with Crippen LogP contribution in [0.5, 0.6) is 0 Å². The van der Waals surface area contributed by atoms with Crippen molar-refractivity contribution in [3.8, 4) is 0 Å². The molecule has 1 aromatic carbocycles. The van der Waals surface area contributed by atoms with Crippen LogP contribution in [-0.2, 0) is 4.79 Å². The predicted octanol–water partition coefficient (Wildman–Crippen LogP) is 2.54. The van der Waals surface area contributed by atoms with Gasteiger partial charge in [-0.2, -0.15) is 0 Å². The molecule has 22 heavy (non-hydrogen) atoms. The number of carbonyl (C=O) groups excluding carboxylic acids is 1. The molecular weight excluding hydrogens is 280 g/mol. The lowest BCUT2D eigenvalue weighted by Gasteiger charge is -2.23. The van der Waals surface area contributed by atoms with Gasteiger partial charge in [0.15, 0.2) is 0 Å². The van der Waals surface area contributed by atoms with Gasteiger partial charge < -0.3 is 15.3 Å².